The molecule has 94 valence electrons. The van der Waals surface area contributed by atoms with Crippen LogP contribution in [0.15, 0.2) is 24.3 Å². The van der Waals surface area contributed by atoms with Crippen LogP contribution in [-0.4, -0.2) is 13.0 Å². The Bertz CT molecular complexity index is 363. The molecule has 0 bridgehead atoms. The summed E-state index contributed by atoms with van der Waals surface area (Å²) in [5.74, 6) is 1.00. The van der Waals surface area contributed by atoms with E-state index in [-0.39, 0.29) is 11.8 Å². The molecule has 0 spiro atoms. The number of para-hydroxylation sites is 1. The van der Waals surface area contributed by atoms with Crippen LogP contribution in [0, 0.1) is 5.92 Å². The third-order valence-corrected chi connectivity index (χ3v) is 2.81. The van der Waals surface area contributed by atoms with E-state index in [1.807, 2.05) is 31.2 Å². The molecule has 1 amide bonds. The van der Waals surface area contributed by atoms with E-state index in [0.29, 0.717) is 6.54 Å². The van der Waals surface area contributed by atoms with Crippen LogP contribution in [0.4, 0.5) is 0 Å². The number of rotatable bonds is 6. The number of hydrogen-bond acceptors (Lipinski definition) is 2. The molecule has 0 aliphatic heterocycles. The lowest BCUT2D eigenvalue weighted by Crippen LogP contribution is -2.28. The second kappa shape index (κ2) is 6.94. The second-order valence-electron chi connectivity index (χ2n) is 4.22. The number of benzene rings is 1. The van der Waals surface area contributed by atoms with Gasteiger partial charge < -0.3 is 10.1 Å². The SMILES string of the molecule is CCC[C@@H](C)C(=O)NCc1ccccc1OC. The fraction of sp³-hybridized carbons (Fsp3) is 0.500. The van der Waals surface area contributed by atoms with Crippen molar-refractivity contribution in [1.82, 2.24) is 5.32 Å². The first-order valence-corrected chi connectivity index (χ1v) is 6.08. The lowest BCUT2D eigenvalue weighted by molar-refractivity contribution is -0.124. The Morgan fingerprint density at radius 2 is 2.12 bits per heavy atom. The highest BCUT2D eigenvalue weighted by Crippen LogP contribution is 2.17. The Morgan fingerprint density at radius 1 is 1.41 bits per heavy atom. The second-order valence-corrected chi connectivity index (χ2v) is 4.22. The molecule has 0 radical (unpaired) electrons. The monoisotopic (exact) mass is 235 g/mol. The Balaban J connectivity index is 2.52. The third-order valence-electron chi connectivity index (χ3n) is 2.81. The topological polar surface area (TPSA) is 38.3 Å². The number of nitrogens with one attached hydrogen (secondary N) is 1. The predicted octanol–water partition coefficient (Wildman–Crippen LogP) is 2.75. The predicted molar refractivity (Wildman–Crippen MR) is 68.9 cm³/mol. The zero-order chi connectivity index (χ0) is 12.7. The molecule has 1 rings (SSSR count). The van der Waals surface area contributed by atoms with Gasteiger partial charge in [0.15, 0.2) is 0 Å². The minimum absolute atomic E-state index is 0.0784. The molecule has 3 heteroatoms. The van der Waals surface area contributed by atoms with Gasteiger partial charge in [-0.1, -0.05) is 38.5 Å². The molecule has 0 saturated heterocycles. The van der Waals surface area contributed by atoms with Crippen molar-refractivity contribution in [2.75, 3.05) is 7.11 Å². The van der Waals surface area contributed by atoms with E-state index in [9.17, 15) is 4.79 Å². The highest BCUT2D eigenvalue weighted by Gasteiger charge is 2.11. The third kappa shape index (κ3) is 4.10. The summed E-state index contributed by atoms with van der Waals surface area (Å²) in [6.45, 7) is 4.57. The summed E-state index contributed by atoms with van der Waals surface area (Å²) >= 11 is 0. The van der Waals surface area contributed by atoms with E-state index in [2.05, 4.69) is 12.2 Å². The van der Waals surface area contributed by atoms with E-state index < -0.39 is 0 Å². The van der Waals surface area contributed by atoms with E-state index in [0.717, 1.165) is 24.2 Å². The first-order chi connectivity index (χ1) is 8.19. The summed E-state index contributed by atoms with van der Waals surface area (Å²) in [4.78, 5) is 11.8. The number of carbonyl (C=O) groups excluding carboxylic acids is 1. The fourth-order valence-electron chi connectivity index (χ4n) is 1.77. The standard InChI is InChI=1S/C14H21NO2/c1-4-7-11(2)14(16)15-10-12-8-5-6-9-13(12)17-3/h5-6,8-9,11H,4,7,10H2,1-3H3,(H,15,16)/t11-/m1/s1. The molecule has 1 atom stereocenters. The van der Waals surface area contributed by atoms with Gasteiger partial charge in [0.25, 0.3) is 0 Å². The molecule has 0 saturated carbocycles. The zero-order valence-electron chi connectivity index (χ0n) is 10.8. The normalized spacial score (nSPS) is 11.9. The van der Waals surface area contributed by atoms with Crippen molar-refractivity contribution in [2.45, 2.75) is 33.2 Å². The van der Waals surface area contributed by atoms with Crippen LogP contribution < -0.4 is 10.1 Å². The van der Waals surface area contributed by atoms with Crippen molar-refractivity contribution < 1.29 is 9.53 Å². The van der Waals surface area contributed by atoms with Crippen LogP contribution in [-0.2, 0) is 11.3 Å². The number of methoxy groups -OCH3 is 1. The van der Waals surface area contributed by atoms with Crippen molar-refractivity contribution in [3.05, 3.63) is 29.8 Å². The highest BCUT2D eigenvalue weighted by atomic mass is 16.5. The zero-order valence-corrected chi connectivity index (χ0v) is 10.8. The van der Waals surface area contributed by atoms with E-state index in [1.165, 1.54) is 0 Å². The molecule has 17 heavy (non-hydrogen) atoms. The van der Waals surface area contributed by atoms with Crippen molar-refractivity contribution in [2.24, 2.45) is 5.92 Å². The molecule has 0 unspecified atom stereocenters. The van der Waals surface area contributed by atoms with E-state index in [4.69, 9.17) is 4.74 Å². The van der Waals surface area contributed by atoms with E-state index >= 15 is 0 Å². The van der Waals surface area contributed by atoms with Gasteiger partial charge in [0, 0.05) is 18.0 Å². The maximum Gasteiger partial charge on any atom is 0.223 e. The van der Waals surface area contributed by atoms with Gasteiger partial charge in [-0.25, -0.2) is 0 Å². The summed E-state index contributed by atoms with van der Waals surface area (Å²) in [6.07, 6.45) is 1.96. The average molecular weight is 235 g/mol. The highest BCUT2D eigenvalue weighted by molar-refractivity contribution is 5.78. The fourth-order valence-corrected chi connectivity index (χ4v) is 1.77. The molecule has 1 N–H and O–H groups in total. The lowest BCUT2D eigenvalue weighted by atomic mass is 10.1. The smallest absolute Gasteiger partial charge is 0.223 e. The molecule has 0 aromatic heterocycles. The molecule has 1 aromatic rings. The molecular formula is C14H21NO2. The van der Waals surface area contributed by atoms with Gasteiger partial charge in [-0.05, 0) is 12.5 Å². The molecule has 0 aliphatic rings. The first kappa shape index (κ1) is 13.6. The van der Waals surface area contributed by atoms with E-state index in [1.54, 1.807) is 7.11 Å². The summed E-state index contributed by atoms with van der Waals surface area (Å²) < 4.78 is 5.23. The molecule has 0 heterocycles. The summed E-state index contributed by atoms with van der Waals surface area (Å²) in [5.41, 5.74) is 1.01. The van der Waals surface area contributed by atoms with Crippen LogP contribution >= 0.6 is 0 Å². The van der Waals surface area contributed by atoms with Gasteiger partial charge in [0.05, 0.1) is 7.11 Å². The van der Waals surface area contributed by atoms with Gasteiger partial charge in [0.2, 0.25) is 5.91 Å². The largest absolute Gasteiger partial charge is 0.496 e. The number of ether oxygens (including phenoxy) is 1. The first-order valence-electron chi connectivity index (χ1n) is 6.08. The van der Waals surface area contributed by atoms with Gasteiger partial charge in [-0.15, -0.1) is 0 Å². The molecule has 0 aliphatic carbocycles. The van der Waals surface area contributed by atoms with Crippen LogP contribution in [0.3, 0.4) is 0 Å². The Hall–Kier alpha value is -1.51. The molecule has 0 fully saturated rings. The van der Waals surface area contributed by atoms with Crippen LogP contribution in [0.2, 0.25) is 0 Å². The van der Waals surface area contributed by atoms with Crippen LogP contribution in [0.5, 0.6) is 5.75 Å². The minimum atomic E-state index is 0.0784. The Morgan fingerprint density at radius 3 is 2.76 bits per heavy atom. The minimum Gasteiger partial charge on any atom is -0.496 e. The van der Waals surface area contributed by atoms with Gasteiger partial charge in [-0.2, -0.15) is 0 Å². The van der Waals surface area contributed by atoms with Gasteiger partial charge >= 0.3 is 0 Å². The Labute approximate surface area is 103 Å². The number of hydrogen-bond donors (Lipinski definition) is 1. The number of amides is 1. The maximum atomic E-state index is 11.8. The van der Waals surface area contributed by atoms with Crippen molar-refractivity contribution in [3.63, 3.8) is 0 Å². The van der Waals surface area contributed by atoms with Crippen LogP contribution in [0.25, 0.3) is 0 Å². The molecule has 3 nitrogen and oxygen atoms in total. The van der Waals surface area contributed by atoms with Crippen LogP contribution in [0.1, 0.15) is 32.3 Å². The Kier molecular flexibility index (Phi) is 5.53. The van der Waals surface area contributed by atoms with Gasteiger partial charge in [-0.3, -0.25) is 4.79 Å². The summed E-state index contributed by atoms with van der Waals surface area (Å²) in [7, 11) is 1.64. The lowest BCUT2D eigenvalue weighted by Gasteiger charge is -2.12. The van der Waals surface area contributed by atoms with Crippen molar-refractivity contribution in [3.8, 4) is 5.75 Å². The summed E-state index contributed by atoms with van der Waals surface area (Å²) in [6, 6.07) is 7.73. The average Bonchev–Trinajstić information content (AvgIpc) is 2.36. The molecule has 1 aromatic carbocycles. The van der Waals surface area contributed by atoms with Crippen molar-refractivity contribution >= 4 is 5.91 Å². The van der Waals surface area contributed by atoms with Crippen molar-refractivity contribution in [1.29, 1.82) is 0 Å². The number of carbonyl (C=O) groups is 1. The molecular weight excluding hydrogens is 214 g/mol. The summed E-state index contributed by atoms with van der Waals surface area (Å²) in [5, 5.41) is 2.94. The van der Waals surface area contributed by atoms with Gasteiger partial charge in [0.1, 0.15) is 5.75 Å². The maximum absolute atomic E-state index is 11.8. The quantitative estimate of drug-likeness (QED) is 0.823.